The predicted octanol–water partition coefficient (Wildman–Crippen LogP) is 2.17. The Hall–Kier alpha value is -1.16. The quantitative estimate of drug-likeness (QED) is 0.863. The summed E-state index contributed by atoms with van der Waals surface area (Å²) >= 11 is 0. The second kappa shape index (κ2) is 5.22. The molecule has 0 bridgehead atoms. The van der Waals surface area contributed by atoms with Crippen molar-refractivity contribution in [2.24, 2.45) is 5.41 Å². The Morgan fingerprint density at radius 2 is 2.11 bits per heavy atom. The average molecular weight is 249 g/mol. The second-order valence-electron chi connectivity index (χ2n) is 6.09. The summed E-state index contributed by atoms with van der Waals surface area (Å²) in [6.07, 6.45) is 4.66. The molecule has 18 heavy (non-hydrogen) atoms. The summed E-state index contributed by atoms with van der Waals surface area (Å²) in [5.74, 6) is 1.30. The van der Waals surface area contributed by atoms with Crippen LogP contribution in [-0.2, 0) is 6.54 Å². The largest absolute Gasteiger partial charge is 0.314 e. The summed E-state index contributed by atoms with van der Waals surface area (Å²) in [4.78, 5) is 19.1. The molecular formula is C14H23N3O. The average Bonchev–Trinajstić information content (AvgIpc) is 2.28. The van der Waals surface area contributed by atoms with Crippen molar-refractivity contribution in [3.8, 4) is 0 Å². The fourth-order valence-electron chi connectivity index (χ4n) is 2.67. The van der Waals surface area contributed by atoms with Gasteiger partial charge < -0.3 is 10.3 Å². The topological polar surface area (TPSA) is 57.8 Å². The molecule has 1 aliphatic carbocycles. The molecule has 0 saturated heterocycles. The number of hydrogen-bond acceptors (Lipinski definition) is 3. The third-order valence-electron chi connectivity index (χ3n) is 3.90. The minimum absolute atomic E-state index is 0.0323. The van der Waals surface area contributed by atoms with Crippen molar-refractivity contribution >= 4 is 0 Å². The van der Waals surface area contributed by atoms with E-state index in [1.165, 1.54) is 12.8 Å². The van der Waals surface area contributed by atoms with Gasteiger partial charge in [-0.15, -0.1) is 0 Å². The van der Waals surface area contributed by atoms with E-state index < -0.39 is 0 Å². The minimum Gasteiger partial charge on any atom is -0.314 e. The van der Waals surface area contributed by atoms with Crippen LogP contribution in [0.15, 0.2) is 10.9 Å². The SMILES string of the molecule is CNCc1cc(=O)[nH]c(C2CCC(C)(C)CC2)n1. The number of rotatable bonds is 3. The van der Waals surface area contributed by atoms with Crippen molar-refractivity contribution in [1.29, 1.82) is 0 Å². The van der Waals surface area contributed by atoms with Gasteiger partial charge in [-0.05, 0) is 38.1 Å². The third-order valence-corrected chi connectivity index (χ3v) is 3.90. The van der Waals surface area contributed by atoms with Crippen molar-refractivity contribution in [3.05, 3.63) is 27.9 Å². The van der Waals surface area contributed by atoms with Crippen LogP contribution in [0.3, 0.4) is 0 Å². The first-order valence-corrected chi connectivity index (χ1v) is 6.75. The van der Waals surface area contributed by atoms with E-state index in [0.29, 0.717) is 17.9 Å². The molecular weight excluding hydrogens is 226 g/mol. The lowest BCUT2D eigenvalue weighted by molar-refractivity contribution is 0.220. The molecule has 2 rings (SSSR count). The molecule has 1 fully saturated rings. The molecule has 0 aromatic carbocycles. The Labute approximate surface area is 108 Å². The van der Waals surface area contributed by atoms with Crippen molar-refractivity contribution in [1.82, 2.24) is 15.3 Å². The lowest BCUT2D eigenvalue weighted by atomic mass is 9.73. The molecule has 100 valence electrons. The van der Waals surface area contributed by atoms with Crippen molar-refractivity contribution in [3.63, 3.8) is 0 Å². The number of aromatic amines is 1. The fourth-order valence-corrected chi connectivity index (χ4v) is 2.67. The highest BCUT2D eigenvalue weighted by Crippen LogP contribution is 2.41. The molecule has 0 atom stereocenters. The number of nitrogens with zero attached hydrogens (tertiary/aromatic N) is 1. The zero-order valence-electron chi connectivity index (χ0n) is 11.5. The van der Waals surface area contributed by atoms with Gasteiger partial charge in [0.1, 0.15) is 5.82 Å². The van der Waals surface area contributed by atoms with Crippen LogP contribution in [0.4, 0.5) is 0 Å². The van der Waals surface area contributed by atoms with Gasteiger partial charge in [-0.3, -0.25) is 4.79 Å². The zero-order chi connectivity index (χ0) is 13.2. The van der Waals surface area contributed by atoms with Gasteiger partial charge in [0.05, 0.1) is 5.69 Å². The van der Waals surface area contributed by atoms with Gasteiger partial charge in [0.25, 0.3) is 5.56 Å². The molecule has 1 aromatic heterocycles. The summed E-state index contributed by atoms with van der Waals surface area (Å²) < 4.78 is 0. The molecule has 1 aliphatic rings. The number of nitrogens with one attached hydrogen (secondary N) is 2. The number of H-pyrrole nitrogens is 1. The van der Waals surface area contributed by atoms with Crippen LogP contribution >= 0.6 is 0 Å². The van der Waals surface area contributed by atoms with E-state index in [1.54, 1.807) is 6.07 Å². The molecule has 0 aliphatic heterocycles. The molecule has 4 heteroatoms. The Morgan fingerprint density at radius 1 is 1.44 bits per heavy atom. The fraction of sp³-hybridized carbons (Fsp3) is 0.714. The Morgan fingerprint density at radius 3 is 2.72 bits per heavy atom. The van der Waals surface area contributed by atoms with Gasteiger partial charge in [0.15, 0.2) is 0 Å². The standard InChI is InChI=1S/C14H23N3O/c1-14(2)6-4-10(5-7-14)13-16-11(9-15-3)8-12(18)17-13/h8,10,15H,4-7,9H2,1-3H3,(H,16,17,18). The van der Waals surface area contributed by atoms with Gasteiger partial charge >= 0.3 is 0 Å². The van der Waals surface area contributed by atoms with Crippen LogP contribution in [0.2, 0.25) is 0 Å². The monoisotopic (exact) mass is 249 g/mol. The van der Waals surface area contributed by atoms with E-state index in [1.807, 2.05) is 7.05 Å². The maximum absolute atomic E-state index is 11.6. The van der Waals surface area contributed by atoms with Gasteiger partial charge in [-0.25, -0.2) is 4.98 Å². The van der Waals surface area contributed by atoms with Crippen LogP contribution in [-0.4, -0.2) is 17.0 Å². The first kappa shape index (κ1) is 13.3. The first-order chi connectivity index (χ1) is 8.50. The van der Waals surface area contributed by atoms with Crippen LogP contribution in [0.25, 0.3) is 0 Å². The summed E-state index contributed by atoms with van der Waals surface area (Å²) in [7, 11) is 1.87. The Bertz CT molecular complexity index is 454. The minimum atomic E-state index is -0.0323. The molecule has 0 amide bonds. The van der Waals surface area contributed by atoms with Crippen molar-refractivity contribution in [2.45, 2.75) is 52.0 Å². The van der Waals surface area contributed by atoms with Crippen LogP contribution in [0.1, 0.15) is 57.0 Å². The lowest BCUT2D eigenvalue weighted by Gasteiger charge is -2.33. The molecule has 0 spiro atoms. The summed E-state index contributed by atoms with van der Waals surface area (Å²) in [6, 6.07) is 1.58. The van der Waals surface area contributed by atoms with Gasteiger partial charge in [0, 0.05) is 18.5 Å². The first-order valence-electron chi connectivity index (χ1n) is 6.75. The van der Waals surface area contributed by atoms with Crippen LogP contribution < -0.4 is 10.9 Å². The number of aromatic nitrogens is 2. The van der Waals surface area contributed by atoms with Crippen molar-refractivity contribution < 1.29 is 0 Å². The predicted molar refractivity (Wildman–Crippen MR) is 72.6 cm³/mol. The van der Waals surface area contributed by atoms with E-state index in [4.69, 9.17) is 0 Å². The van der Waals surface area contributed by atoms with E-state index in [0.717, 1.165) is 24.4 Å². The third kappa shape index (κ3) is 3.19. The zero-order valence-corrected chi connectivity index (χ0v) is 11.5. The highest BCUT2D eigenvalue weighted by Gasteiger charge is 2.28. The van der Waals surface area contributed by atoms with Crippen LogP contribution in [0.5, 0.6) is 0 Å². The molecule has 1 saturated carbocycles. The molecule has 4 nitrogen and oxygen atoms in total. The van der Waals surface area contributed by atoms with Crippen molar-refractivity contribution in [2.75, 3.05) is 7.05 Å². The summed E-state index contributed by atoms with van der Waals surface area (Å²) in [5.41, 5.74) is 1.25. The van der Waals surface area contributed by atoms with Gasteiger partial charge in [-0.2, -0.15) is 0 Å². The molecule has 1 heterocycles. The summed E-state index contributed by atoms with van der Waals surface area (Å²) in [5, 5.41) is 3.04. The maximum atomic E-state index is 11.6. The maximum Gasteiger partial charge on any atom is 0.251 e. The number of hydrogen-bond donors (Lipinski definition) is 2. The Kier molecular flexibility index (Phi) is 3.85. The second-order valence-corrected chi connectivity index (χ2v) is 6.09. The molecule has 1 aromatic rings. The molecule has 0 radical (unpaired) electrons. The Balaban J connectivity index is 2.16. The molecule has 2 N–H and O–H groups in total. The molecule has 0 unspecified atom stereocenters. The highest BCUT2D eigenvalue weighted by molar-refractivity contribution is 5.07. The van der Waals surface area contributed by atoms with E-state index in [-0.39, 0.29) is 5.56 Å². The van der Waals surface area contributed by atoms with E-state index in [2.05, 4.69) is 29.1 Å². The smallest absolute Gasteiger partial charge is 0.251 e. The van der Waals surface area contributed by atoms with E-state index >= 15 is 0 Å². The van der Waals surface area contributed by atoms with Gasteiger partial charge in [-0.1, -0.05) is 13.8 Å². The lowest BCUT2D eigenvalue weighted by Crippen LogP contribution is -2.24. The van der Waals surface area contributed by atoms with Gasteiger partial charge in [0.2, 0.25) is 0 Å². The summed E-state index contributed by atoms with van der Waals surface area (Å²) in [6.45, 7) is 5.28. The normalized spacial score (nSPS) is 19.9. The highest BCUT2D eigenvalue weighted by atomic mass is 16.1. The van der Waals surface area contributed by atoms with Crippen LogP contribution in [0, 0.1) is 5.41 Å². The van der Waals surface area contributed by atoms with E-state index in [9.17, 15) is 4.79 Å².